The second kappa shape index (κ2) is 7.25. The van der Waals surface area contributed by atoms with E-state index in [1.807, 2.05) is 34.5 Å². The Morgan fingerprint density at radius 2 is 2.12 bits per heavy atom. The normalized spacial score (nSPS) is 19.1. The number of nitrogens with one attached hydrogen (secondary N) is 1. The Labute approximate surface area is 159 Å². The first-order valence-corrected chi connectivity index (χ1v) is 10.0. The van der Waals surface area contributed by atoms with E-state index in [-0.39, 0.29) is 12.1 Å². The van der Waals surface area contributed by atoms with E-state index in [0.717, 1.165) is 45.8 Å². The third kappa shape index (κ3) is 3.62. The van der Waals surface area contributed by atoms with E-state index in [1.54, 1.807) is 11.3 Å². The molecular formula is C18H19BrN2O3S. The van der Waals surface area contributed by atoms with Gasteiger partial charge in [0.05, 0.1) is 12.6 Å². The summed E-state index contributed by atoms with van der Waals surface area (Å²) in [6.45, 7) is 2.49. The molecule has 7 heteroatoms. The van der Waals surface area contributed by atoms with Gasteiger partial charge in [0.25, 0.3) is 0 Å². The summed E-state index contributed by atoms with van der Waals surface area (Å²) in [6.07, 6.45) is 1.98. The lowest BCUT2D eigenvalue weighted by atomic mass is 10.0. The number of carbonyl (C=O) groups is 1. The van der Waals surface area contributed by atoms with Gasteiger partial charge in [-0.2, -0.15) is 0 Å². The Balaban J connectivity index is 1.45. The van der Waals surface area contributed by atoms with Crippen molar-refractivity contribution in [2.45, 2.75) is 25.4 Å². The van der Waals surface area contributed by atoms with Crippen LogP contribution in [0.25, 0.3) is 0 Å². The number of thiophene rings is 1. The zero-order valence-corrected chi connectivity index (χ0v) is 16.1. The summed E-state index contributed by atoms with van der Waals surface area (Å²) in [7, 11) is 0. The second-order valence-corrected chi connectivity index (χ2v) is 8.06. The Morgan fingerprint density at radius 3 is 2.92 bits per heavy atom. The number of halogens is 1. The Hall–Kier alpha value is -1.73. The maximum atomic E-state index is 12.6. The second-order valence-electron chi connectivity index (χ2n) is 6.14. The van der Waals surface area contributed by atoms with Crippen LogP contribution in [0.2, 0.25) is 0 Å². The number of hydrogen-bond donors (Lipinski definition) is 1. The lowest BCUT2D eigenvalue weighted by Crippen LogP contribution is -2.39. The monoisotopic (exact) mass is 422 g/mol. The van der Waals surface area contributed by atoms with E-state index in [4.69, 9.17) is 9.47 Å². The van der Waals surface area contributed by atoms with E-state index >= 15 is 0 Å². The summed E-state index contributed by atoms with van der Waals surface area (Å²) in [5.74, 6) is 1.56. The summed E-state index contributed by atoms with van der Waals surface area (Å²) >= 11 is 5.08. The fraction of sp³-hybridized carbons (Fsp3) is 0.389. The number of likely N-dealkylation sites (tertiary alicyclic amines) is 1. The van der Waals surface area contributed by atoms with Crippen molar-refractivity contribution in [3.05, 3.63) is 44.6 Å². The van der Waals surface area contributed by atoms with Gasteiger partial charge in [-0.15, -0.1) is 11.3 Å². The van der Waals surface area contributed by atoms with Crippen LogP contribution in [-0.2, 0) is 6.54 Å². The molecule has 0 saturated carbocycles. The van der Waals surface area contributed by atoms with Gasteiger partial charge in [0.2, 0.25) is 0 Å². The minimum atomic E-state index is -0.0121. The molecule has 2 aliphatic rings. The molecule has 1 saturated heterocycles. The van der Waals surface area contributed by atoms with Crippen LogP contribution < -0.4 is 14.8 Å². The van der Waals surface area contributed by atoms with Crippen molar-refractivity contribution in [1.29, 1.82) is 0 Å². The average molecular weight is 423 g/mol. The molecule has 1 unspecified atom stereocenters. The van der Waals surface area contributed by atoms with Gasteiger partial charge in [0, 0.05) is 21.3 Å². The van der Waals surface area contributed by atoms with Crippen LogP contribution in [0.1, 0.15) is 29.3 Å². The number of urea groups is 1. The van der Waals surface area contributed by atoms with Crippen molar-refractivity contribution >= 4 is 33.3 Å². The minimum absolute atomic E-state index is 0.0121. The average Bonchev–Trinajstić information content (AvgIpc) is 3.28. The fourth-order valence-corrected chi connectivity index (χ4v) is 4.73. The zero-order valence-electron chi connectivity index (χ0n) is 13.7. The molecule has 3 heterocycles. The highest BCUT2D eigenvalue weighted by atomic mass is 79.9. The smallest absolute Gasteiger partial charge is 0.318 e. The van der Waals surface area contributed by atoms with Gasteiger partial charge in [-0.05, 0) is 52.5 Å². The minimum Gasteiger partial charge on any atom is -0.486 e. The number of amides is 2. The van der Waals surface area contributed by atoms with E-state index in [0.29, 0.717) is 19.8 Å². The highest BCUT2D eigenvalue weighted by Crippen LogP contribution is 2.38. The van der Waals surface area contributed by atoms with Crippen LogP contribution in [0, 0.1) is 0 Å². The SMILES string of the molecule is O=C(NCc1cc(Br)cs1)N1CCCC1c1ccc2c(c1)OCCO2. The molecule has 0 aliphatic carbocycles. The molecule has 1 fully saturated rings. The van der Waals surface area contributed by atoms with Gasteiger partial charge in [0.15, 0.2) is 11.5 Å². The quantitative estimate of drug-likeness (QED) is 0.800. The number of hydrogen-bond acceptors (Lipinski definition) is 4. The lowest BCUT2D eigenvalue weighted by Gasteiger charge is -2.27. The van der Waals surface area contributed by atoms with Crippen LogP contribution in [0.4, 0.5) is 4.79 Å². The standard InChI is InChI=1S/C18H19BrN2O3S/c19-13-9-14(25-11-13)10-20-18(22)21-5-1-2-15(21)12-3-4-16-17(8-12)24-7-6-23-16/h3-4,8-9,11,15H,1-2,5-7,10H2,(H,20,22). The third-order valence-electron chi connectivity index (χ3n) is 4.50. The van der Waals surface area contributed by atoms with Crippen molar-refractivity contribution < 1.29 is 14.3 Å². The molecule has 132 valence electrons. The molecule has 1 aromatic heterocycles. The molecule has 4 rings (SSSR count). The lowest BCUT2D eigenvalue weighted by molar-refractivity contribution is 0.170. The first kappa shape index (κ1) is 16.7. The maximum absolute atomic E-state index is 12.6. The van der Waals surface area contributed by atoms with E-state index in [9.17, 15) is 4.79 Å². The van der Waals surface area contributed by atoms with Crippen LogP contribution in [-0.4, -0.2) is 30.7 Å². The van der Waals surface area contributed by atoms with Gasteiger partial charge in [-0.25, -0.2) is 4.79 Å². The molecule has 5 nitrogen and oxygen atoms in total. The first-order chi connectivity index (χ1) is 12.2. The van der Waals surface area contributed by atoms with Crippen molar-refractivity contribution in [3.8, 4) is 11.5 Å². The van der Waals surface area contributed by atoms with Gasteiger partial charge < -0.3 is 19.7 Å². The molecule has 0 bridgehead atoms. The van der Waals surface area contributed by atoms with Gasteiger partial charge >= 0.3 is 6.03 Å². The number of benzene rings is 1. The van der Waals surface area contributed by atoms with Crippen molar-refractivity contribution in [2.75, 3.05) is 19.8 Å². The molecule has 0 spiro atoms. The summed E-state index contributed by atoms with van der Waals surface area (Å²) in [6, 6.07) is 8.11. The number of nitrogens with zero attached hydrogens (tertiary/aromatic N) is 1. The van der Waals surface area contributed by atoms with Crippen molar-refractivity contribution in [2.24, 2.45) is 0 Å². The maximum Gasteiger partial charge on any atom is 0.318 e. The van der Waals surface area contributed by atoms with Crippen LogP contribution in [0.5, 0.6) is 11.5 Å². The van der Waals surface area contributed by atoms with Crippen molar-refractivity contribution in [1.82, 2.24) is 10.2 Å². The predicted octanol–water partition coefficient (Wildman–Crippen LogP) is 4.33. The van der Waals surface area contributed by atoms with Gasteiger partial charge in [-0.1, -0.05) is 6.07 Å². The summed E-state index contributed by atoms with van der Waals surface area (Å²) in [5, 5.41) is 5.06. The molecule has 1 N–H and O–H groups in total. The largest absolute Gasteiger partial charge is 0.486 e. The molecule has 2 aromatic rings. The molecule has 1 aromatic carbocycles. The summed E-state index contributed by atoms with van der Waals surface area (Å²) < 4.78 is 12.3. The first-order valence-electron chi connectivity index (χ1n) is 8.37. The Bertz CT molecular complexity index is 779. The van der Waals surface area contributed by atoms with E-state index in [1.165, 1.54) is 0 Å². The fourth-order valence-electron chi connectivity index (χ4n) is 3.33. The number of rotatable bonds is 3. The number of ether oxygens (including phenoxy) is 2. The molecule has 1 atom stereocenters. The number of carbonyl (C=O) groups excluding carboxylic acids is 1. The molecular weight excluding hydrogens is 404 g/mol. The molecule has 2 aliphatic heterocycles. The van der Waals surface area contributed by atoms with E-state index in [2.05, 4.69) is 21.2 Å². The number of fused-ring (bicyclic) bond motifs is 1. The van der Waals surface area contributed by atoms with Crippen LogP contribution in [0.15, 0.2) is 34.1 Å². The summed E-state index contributed by atoms with van der Waals surface area (Å²) in [5.41, 5.74) is 1.11. The molecule has 25 heavy (non-hydrogen) atoms. The highest BCUT2D eigenvalue weighted by Gasteiger charge is 2.30. The van der Waals surface area contributed by atoms with E-state index < -0.39 is 0 Å². The van der Waals surface area contributed by atoms with Crippen LogP contribution >= 0.6 is 27.3 Å². The Morgan fingerprint density at radius 1 is 1.28 bits per heavy atom. The molecule has 2 amide bonds. The van der Waals surface area contributed by atoms with Crippen LogP contribution in [0.3, 0.4) is 0 Å². The Kier molecular flexibility index (Phi) is 4.85. The third-order valence-corrected chi connectivity index (χ3v) is 6.20. The topological polar surface area (TPSA) is 50.8 Å². The predicted molar refractivity (Wildman–Crippen MR) is 100 cm³/mol. The highest BCUT2D eigenvalue weighted by molar-refractivity contribution is 9.10. The molecule has 0 radical (unpaired) electrons. The van der Waals surface area contributed by atoms with Crippen molar-refractivity contribution in [3.63, 3.8) is 0 Å². The zero-order chi connectivity index (χ0) is 17.2. The van der Waals surface area contributed by atoms with Gasteiger partial charge in [-0.3, -0.25) is 0 Å². The van der Waals surface area contributed by atoms with Gasteiger partial charge in [0.1, 0.15) is 13.2 Å². The summed E-state index contributed by atoms with van der Waals surface area (Å²) in [4.78, 5) is 15.7.